The smallest absolute Gasteiger partial charge is 0.289 e. The first-order valence-electron chi connectivity index (χ1n) is 3.44. The van der Waals surface area contributed by atoms with Crippen molar-refractivity contribution >= 4 is 11.0 Å². The monoisotopic (exact) mass is 148 g/mol. The lowest BCUT2D eigenvalue weighted by atomic mass is 10.2. The maximum Gasteiger partial charge on any atom is 0.289 e. The summed E-state index contributed by atoms with van der Waals surface area (Å²) in [5.41, 5.74) is 1.60. The fourth-order valence-electron chi connectivity index (χ4n) is 1.21. The Morgan fingerprint density at radius 2 is 2.36 bits per heavy atom. The van der Waals surface area contributed by atoms with Gasteiger partial charge in [0.2, 0.25) is 0 Å². The number of hydrogen-bond acceptors (Lipinski definition) is 1. The third-order valence-electron chi connectivity index (χ3n) is 1.68. The third kappa shape index (κ3) is 0.852. The average Bonchev–Trinajstić information content (AvgIpc) is 2.34. The van der Waals surface area contributed by atoms with Crippen molar-refractivity contribution in [3.8, 4) is 0 Å². The van der Waals surface area contributed by atoms with Gasteiger partial charge >= 0.3 is 0 Å². The number of nitrogens with zero attached hydrogens (tertiary/aromatic N) is 1. The highest BCUT2D eigenvalue weighted by atomic mass is 16.5. The number of aromatic amines is 1. The molecule has 0 unspecified atom stereocenters. The molecule has 0 aliphatic rings. The Morgan fingerprint density at radius 3 is 3.18 bits per heavy atom. The van der Waals surface area contributed by atoms with Crippen molar-refractivity contribution in [2.45, 2.75) is 6.92 Å². The molecule has 2 aromatic rings. The molecule has 2 rings (SSSR count). The molecule has 0 amide bonds. The molecule has 0 aliphatic heterocycles. The van der Waals surface area contributed by atoms with Gasteiger partial charge in [0, 0.05) is 0 Å². The second-order valence-electron chi connectivity index (χ2n) is 2.62. The molecule has 0 radical (unpaired) electrons. The third-order valence-corrected chi connectivity index (χ3v) is 1.68. The number of pyridine rings is 1. The predicted molar refractivity (Wildman–Crippen MR) is 42.0 cm³/mol. The molecule has 0 saturated carbocycles. The SMILES string of the molecule is Cc1cc2cc[nH]c2[n+]([O-])c1. The van der Waals surface area contributed by atoms with Crippen molar-refractivity contribution in [1.29, 1.82) is 0 Å². The van der Waals surface area contributed by atoms with Crippen LogP contribution in [0.5, 0.6) is 0 Å². The summed E-state index contributed by atoms with van der Waals surface area (Å²) in [6, 6.07) is 3.86. The first-order valence-corrected chi connectivity index (χ1v) is 3.44. The van der Waals surface area contributed by atoms with E-state index in [1.807, 2.05) is 19.1 Å². The van der Waals surface area contributed by atoms with Gasteiger partial charge in [-0.3, -0.25) is 0 Å². The van der Waals surface area contributed by atoms with Crippen LogP contribution in [-0.4, -0.2) is 4.98 Å². The van der Waals surface area contributed by atoms with Crippen molar-refractivity contribution < 1.29 is 4.73 Å². The van der Waals surface area contributed by atoms with Crippen molar-refractivity contribution in [1.82, 2.24) is 4.98 Å². The van der Waals surface area contributed by atoms with Crippen LogP contribution in [0.2, 0.25) is 0 Å². The van der Waals surface area contributed by atoms with Crippen LogP contribution in [0, 0.1) is 12.1 Å². The van der Waals surface area contributed by atoms with Gasteiger partial charge in [0.1, 0.15) is 0 Å². The van der Waals surface area contributed by atoms with Gasteiger partial charge in [-0.05, 0) is 24.6 Å². The van der Waals surface area contributed by atoms with Crippen LogP contribution in [-0.2, 0) is 0 Å². The van der Waals surface area contributed by atoms with Gasteiger partial charge in [-0.1, -0.05) is 0 Å². The summed E-state index contributed by atoms with van der Waals surface area (Å²) in [5, 5.41) is 12.1. The topological polar surface area (TPSA) is 42.7 Å². The fraction of sp³-hybridized carbons (Fsp3) is 0.125. The van der Waals surface area contributed by atoms with Gasteiger partial charge < -0.3 is 5.21 Å². The molecule has 0 bridgehead atoms. The van der Waals surface area contributed by atoms with E-state index < -0.39 is 0 Å². The molecule has 11 heavy (non-hydrogen) atoms. The largest absolute Gasteiger partial charge is 0.711 e. The molecule has 1 N–H and O–H groups in total. The minimum Gasteiger partial charge on any atom is -0.711 e. The summed E-state index contributed by atoms with van der Waals surface area (Å²) in [6.07, 6.45) is 3.32. The number of fused-ring (bicyclic) bond motifs is 1. The van der Waals surface area contributed by atoms with Gasteiger partial charge in [0.25, 0.3) is 5.65 Å². The molecule has 3 heteroatoms. The summed E-state index contributed by atoms with van der Waals surface area (Å²) < 4.78 is 0.852. The van der Waals surface area contributed by atoms with E-state index >= 15 is 0 Å². The highest BCUT2D eigenvalue weighted by molar-refractivity contribution is 5.72. The van der Waals surface area contributed by atoms with Gasteiger partial charge in [-0.15, -0.1) is 0 Å². The summed E-state index contributed by atoms with van der Waals surface area (Å²) in [5.74, 6) is 0. The van der Waals surface area contributed by atoms with E-state index in [0.29, 0.717) is 5.65 Å². The molecule has 0 aromatic carbocycles. The van der Waals surface area contributed by atoms with E-state index in [4.69, 9.17) is 0 Å². The molecule has 56 valence electrons. The molecule has 0 atom stereocenters. The van der Waals surface area contributed by atoms with Crippen molar-refractivity contribution in [2.75, 3.05) is 0 Å². The van der Waals surface area contributed by atoms with Crippen LogP contribution in [0.15, 0.2) is 24.5 Å². The van der Waals surface area contributed by atoms with Crippen LogP contribution in [0.1, 0.15) is 5.56 Å². The zero-order valence-corrected chi connectivity index (χ0v) is 6.16. The van der Waals surface area contributed by atoms with Crippen LogP contribution in [0.25, 0.3) is 11.0 Å². The minimum absolute atomic E-state index is 0.621. The summed E-state index contributed by atoms with van der Waals surface area (Å²) in [7, 11) is 0. The molecule has 0 aliphatic carbocycles. The van der Waals surface area contributed by atoms with E-state index in [1.165, 1.54) is 0 Å². The molecule has 0 fully saturated rings. The highest BCUT2D eigenvalue weighted by Gasteiger charge is 2.02. The normalized spacial score (nSPS) is 10.6. The van der Waals surface area contributed by atoms with Gasteiger partial charge in [-0.25, -0.2) is 9.71 Å². The van der Waals surface area contributed by atoms with E-state index in [-0.39, 0.29) is 0 Å². The van der Waals surface area contributed by atoms with Crippen molar-refractivity contribution in [3.05, 3.63) is 35.3 Å². The molecular weight excluding hydrogens is 140 g/mol. The van der Waals surface area contributed by atoms with Gasteiger partial charge in [-0.2, -0.15) is 0 Å². The number of aryl methyl sites for hydroxylation is 1. The minimum atomic E-state index is 0.621. The Kier molecular flexibility index (Phi) is 1.12. The van der Waals surface area contributed by atoms with Gasteiger partial charge in [0.05, 0.1) is 17.8 Å². The van der Waals surface area contributed by atoms with E-state index in [2.05, 4.69) is 4.98 Å². The van der Waals surface area contributed by atoms with E-state index in [9.17, 15) is 5.21 Å². The number of aromatic nitrogens is 2. The predicted octanol–water partition coefficient (Wildman–Crippen LogP) is 1.11. The lowest BCUT2D eigenvalue weighted by molar-refractivity contribution is -0.579. The maximum atomic E-state index is 11.1. The van der Waals surface area contributed by atoms with Crippen molar-refractivity contribution in [2.24, 2.45) is 0 Å². The summed E-state index contributed by atoms with van der Waals surface area (Å²) in [4.78, 5) is 2.87. The van der Waals surface area contributed by atoms with Gasteiger partial charge in [0.15, 0.2) is 0 Å². The zero-order chi connectivity index (χ0) is 7.84. The van der Waals surface area contributed by atoms with Crippen molar-refractivity contribution in [3.63, 3.8) is 0 Å². The Balaban J connectivity index is 2.91. The lowest BCUT2D eigenvalue weighted by Gasteiger charge is -2.02. The standard InChI is InChI=1S/C8H8N2O/c1-6-4-7-2-3-9-8(7)10(11)5-6/h2-5,9H,1H3. The van der Waals surface area contributed by atoms with Crippen LogP contribution in [0.4, 0.5) is 0 Å². The molecule has 3 nitrogen and oxygen atoms in total. The Hall–Kier alpha value is -1.51. The second-order valence-corrected chi connectivity index (χ2v) is 2.62. The Bertz CT molecular complexity index is 392. The van der Waals surface area contributed by atoms with E-state index in [1.54, 1.807) is 12.4 Å². The van der Waals surface area contributed by atoms with Crippen LogP contribution < -0.4 is 4.73 Å². The zero-order valence-electron chi connectivity index (χ0n) is 6.16. The van der Waals surface area contributed by atoms with E-state index in [0.717, 1.165) is 15.7 Å². The average molecular weight is 148 g/mol. The highest BCUT2D eigenvalue weighted by Crippen LogP contribution is 2.08. The lowest BCUT2D eigenvalue weighted by Crippen LogP contribution is -2.26. The summed E-state index contributed by atoms with van der Waals surface area (Å²) >= 11 is 0. The first-order chi connectivity index (χ1) is 5.27. The number of hydrogen-bond donors (Lipinski definition) is 1. The second kappa shape index (κ2) is 1.99. The molecule has 2 heterocycles. The maximum absolute atomic E-state index is 11.1. The number of H-pyrrole nitrogens is 1. The molecule has 0 saturated heterocycles. The van der Waals surface area contributed by atoms with Crippen LogP contribution >= 0.6 is 0 Å². The Labute approximate surface area is 63.9 Å². The number of nitrogens with one attached hydrogen (secondary N) is 1. The molecule has 0 spiro atoms. The van der Waals surface area contributed by atoms with Crippen LogP contribution in [0.3, 0.4) is 0 Å². The molecule has 2 aromatic heterocycles. The quantitative estimate of drug-likeness (QED) is 0.441. The first kappa shape index (κ1) is 6.22. The fourth-order valence-corrected chi connectivity index (χ4v) is 1.21. The Morgan fingerprint density at radius 1 is 1.55 bits per heavy atom. The molecular formula is C8H8N2O. The number of rotatable bonds is 0. The summed E-state index contributed by atoms with van der Waals surface area (Å²) in [6.45, 7) is 1.90.